The molecule has 2 N–H and O–H groups in total. The summed E-state index contributed by atoms with van der Waals surface area (Å²) in [5.74, 6) is 0. The lowest BCUT2D eigenvalue weighted by Gasteiger charge is -2.19. The predicted molar refractivity (Wildman–Crippen MR) is 132 cm³/mol. The molecule has 6 nitrogen and oxygen atoms in total. The fourth-order valence-electron chi connectivity index (χ4n) is 4.19. The van der Waals surface area contributed by atoms with Crippen LogP contribution in [0.25, 0.3) is 32.7 Å². The predicted octanol–water partition coefficient (Wildman–Crippen LogP) is 5.21. The number of hydrogen-bond donors (Lipinski definition) is 2. The summed E-state index contributed by atoms with van der Waals surface area (Å²) in [6.07, 6.45) is 0. The number of nitrogens with one attached hydrogen (secondary N) is 1. The number of aryl methyl sites for hydroxylation is 2. The second-order valence-electron chi connectivity index (χ2n) is 8.58. The maximum absolute atomic E-state index is 13.4. The van der Waals surface area contributed by atoms with Gasteiger partial charge in [0, 0.05) is 17.2 Å². The van der Waals surface area contributed by atoms with Crippen LogP contribution >= 0.6 is 0 Å². The van der Waals surface area contributed by atoms with E-state index in [9.17, 15) is 21.4 Å². The molecule has 172 valence electrons. The molecule has 0 aliphatic heterocycles. The Balaban J connectivity index is 2.28. The number of hydrogen-bond acceptors (Lipinski definition) is 4. The normalized spacial score (nSPS) is 12.7. The smallest absolute Gasteiger partial charge is 0.282 e. The lowest BCUT2D eigenvalue weighted by atomic mass is 9.92. The second-order valence-corrected chi connectivity index (χ2v) is 11.6. The van der Waals surface area contributed by atoms with Crippen LogP contribution in [-0.2, 0) is 20.1 Å². The third kappa shape index (κ3) is 4.39. The van der Waals surface area contributed by atoms with Gasteiger partial charge in [0.25, 0.3) is 10.1 Å². The average Bonchev–Trinajstić information content (AvgIpc) is 2.70. The number of benzene rings is 4. The Bertz CT molecular complexity index is 1620. The summed E-state index contributed by atoms with van der Waals surface area (Å²) >= 11 is 0. The van der Waals surface area contributed by atoms with Gasteiger partial charge in [-0.1, -0.05) is 59.7 Å². The lowest BCUT2D eigenvalue weighted by molar-refractivity contribution is 0.483. The molecule has 0 spiro atoms. The maximum atomic E-state index is 13.4. The first kappa shape index (κ1) is 23.4. The van der Waals surface area contributed by atoms with Crippen LogP contribution in [0.2, 0.25) is 0 Å². The van der Waals surface area contributed by atoms with E-state index in [0.717, 1.165) is 21.9 Å². The van der Waals surface area contributed by atoms with Gasteiger partial charge < -0.3 is 0 Å². The molecule has 4 aromatic carbocycles. The van der Waals surface area contributed by atoms with Crippen molar-refractivity contribution in [3.63, 3.8) is 0 Å². The molecule has 0 fully saturated rings. The Morgan fingerprint density at radius 3 is 1.61 bits per heavy atom. The molecule has 0 aliphatic rings. The molecule has 0 atom stereocenters. The van der Waals surface area contributed by atoms with Gasteiger partial charge in [-0.2, -0.15) is 8.42 Å². The number of rotatable bonds is 5. The van der Waals surface area contributed by atoms with Gasteiger partial charge in [-0.15, -0.1) is 0 Å². The van der Waals surface area contributed by atoms with Crippen LogP contribution in [-0.4, -0.2) is 27.4 Å². The van der Waals surface area contributed by atoms with Crippen molar-refractivity contribution in [3.8, 4) is 11.1 Å². The quantitative estimate of drug-likeness (QED) is 0.380. The molecule has 0 radical (unpaired) electrons. The van der Waals surface area contributed by atoms with Crippen molar-refractivity contribution in [2.45, 2.75) is 43.5 Å². The van der Waals surface area contributed by atoms with Crippen LogP contribution in [0, 0.1) is 13.8 Å². The summed E-state index contributed by atoms with van der Waals surface area (Å²) in [4.78, 5) is -0.390. The lowest BCUT2D eigenvalue weighted by Crippen LogP contribution is -2.30. The maximum Gasteiger partial charge on any atom is 0.295 e. The highest BCUT2D eigenvalue weighted by Crippen LogP contribution is 2.42. The average molecular weight is 484 g/mol. The van der Waals surface area contributed by atoms with Crippen molar-refractivity contribution >= 4 is 41.7 Å². The molecule has 0 aliphatic carbocycles. The molecule has 0 bridgehead atoms. The van der Waals surface area contributed by atoms with Crippen LogP contribution in [0.5, 0.6) is 0 Å². The summed E-state index contributed by atoms with van der Waals surface area (Å²) in [6, 6.07) is 16.8. The van der Waals surface area contributed by atoms with Gasteiger partial charge in [0.1, 0.15) is 4.90 Å². The van der Waals surface area contributed by atoms with E-state index < -0.39 is 20.1 Å². The summed E-state index contributed by atoms with van der Waals surface area (Å²) in [5.41, 5.74) is 2.35. The van der Waals surface area contributed by atoms with E-state index in [1.54, 1.807) is 38.1 Å². The third-order valence-corrected chi connectivity index (χ3v) is 8.08. The zero-order valence-electron chi connectivity index (χ0n) is 18.7. The van der Waals surface area contributed by atoms with Crippen LogP contribution in [0.15, 0.2) is 70.5 Å². The first-order chi connectivity index (χ1) is 15.4. The minimum atomic E-state index is -4.66. The molecular weight excluding hydrogens is 458 g/mol. The largest absolute Gasteiger partial charge is 0.295 e. The van der Waals surface area contributed by atoms with Crippen molar-refractivity contribution in [3.05, 3.63) is 71.8 Å². The molecule has 0 saturated carbocycles. The summed E-state index contributed by atoms with van der Waals surface area (Å²) < 4.78 is 64.4. The summed E-state index contributed by atoms with van der Waals surface area (Å²) in [5, 5.41) is 2.61. The topological polar surface area (TPSA) is 101 Å². The first-order valence-electron chi connectivity index (χ1n) is 10.5. The Morgan fingerprint density at radius 1 is 0.697 bits per heavy atom. The zero-order chi connectivity index (χ0) is 24.1. The van der Waals surface area contributed by atoms with Gasteiger partial charge in [0.05, 0.1) is 4.90 Å². The highest BCUT2D eigenvalue weighted by Gasteiger charge is 2.28. The van der Waals surface area contributed by atoms with Gasteiger partial charge in [-0.3, -0.25) is 4.55 Å². The highest BCUT2D eigenvalue weighted by atomic mass is 32.2. The van der Waals surface area contributed by atoms with Gasteiger partial charge in [0.2, 0.25) is 10.0 Å². The Kier molecular flexibility index (Phi) is 5.82. The fourth-order valence-corrected chi connectivity index (χ4v) is 6.37. The molecule has 0 heterocycles. The third-order valence-electron chi connectivity index (χ3n) is 5.48. The van der Waals surface area contributed by atoms with Gasteiger partial charge in [-0.05, 0) is 61.4 Å². The van der Waals surface area contributed by atoms with Crippen LogP contribution in [0.3, 0.4) is 0 Å². The Morgan fingerprint density at radius 2 is 1.15 bits per heavy atom. The minimum absolute atomic E-state index is 0.0504. The standard InChI is InChI=1S/C25H25NO5S2/c1-15(2)26-32(27,28)22-11-7-18-13-16(3)5-9-20(18)24(22)25-21-10-6-17(4)14-19(21)8-12-23(25)33(29,30)31/h5-15,26H,1-4H3,(H,29,30,31). The van der Waals surface area contributed by atoms with E-state index in [1.165, 1.54) is 12.1 Å². The minimum Gasteiger partial charge on any atom is -0.282 e. The van der Waals surface area contributed by atoms with Gasteiger partial charge >= 0.3 is 0 Å². The molecule has 33 heavy (non-hydrogen) atoms. The number of sulfonamides is 1. The second kappa shape index (κ2) is 8.22. The zero-order valence-corrected chi connectivity index (χ0v) is 20.4. The summed E-state index contributed by atoms with van der Waals surface area (Å²) in [7, 11) is -8.67. The summed E-state index contributed by atoms with van der Waals surface area (Å²) in [6.45, 7) is 7.27. The molecule has 0 amide bonds. The Labute approximate surface area is 194 Å². The van der Waals surface area contributed by atoms with Crippen molar-refractivity contribution < 1.29 is 21.4 Å². The molecular formula is C25H25NO5S2. The fraction of sp³-hybridized carbons (Fsp3) is 0.200. The molecule has 4 rings (SSSR count). The van der Waals surface area contributed by atoms with Crippen molar-refractivity contribution in [2.75, 3.05) is 0 Å². The SMILES string of the molecule is Cc1ccc2c(-c3c(S(=O)(=O)NC(C)C)ccc4cc(C)ccc34)c(S(=O)(=O)O)ccc2c1. The molecule has 0 aromatic heterocycles. The van der Waals surface area contributed by atoms with E-state index in [4.69, 9.17) is 0 Å². The van der Waals surface area contributed by atoms with E-state index in [2.05, 4.69) is 4.72 Å². The molecule has 8 heteroatoms. The molecule has 0 saturated heterocycles. The van der Waals surface area contributed by atoms with Crippen molar-refractivity contribution in [1.82, 2.24) is 4.72 Å². The monoisotopic (exact) mass is 483 g/mol. The van der Waals surface area contributed by atoms with Crippen LogP contribution < -0.4 is 4.72 Å². The van der Waals surface area contributed by atoms with Crippen LogP contribution in [0.4, 0.5) is 0 Å². The van der Waals surface area contributed by atoms with Crippen molar-refractivity contribution in [2.24, 2.45) is 0 Å². The van der Waals surface area contributed by atoms with E-state index >= 15 is 0 Å². The molecule has 4 aromatic rings. The van der Waals surface area contributed by atoms with Gasteiger partial charge in [-0.25, -0.2) is 13.1 Å². The van der Waals surface area contributed by atoms with E-state index in [1.807, 2.05) is 38.1 Å². The van der Waals surface area contributed by atoms with Crippen LogP contribution in [0.1, 0.15) is 25.0 Å². The van der Waals surface area contributed by atoms with Gasteiger partial charge in [0.15, 0.2) is 0 Å². The number of fused-ring (bicyclic) bond motifs is 2. The van der Waals surface area contributed by atoms with Crippen molar-refractivity contribution in [1.29, 1.82) is 0 Å². The Hall–Kier alpha value is -2.78. The molecule has 0 unspecified atom stereocenters. The van der Waals surface area contributed by atoms with E-state index in [-0.39, 0.29) is 27.0 Å². The van der Waals surface area contributed by atoms with E-state index in [0.29, 0.717) is 10.8 Å². The first-order valence-corrected chi connectivity index (χ1v) is 13.4. The highest BCUT2D eigenvalue weighted by molar-refractivity contribution is 7.89.